The maximum absolute atomic E-state index is 12.9. The topological polar surface area (TPSA) is 61.9 Å². The molecule has 1 N–H and O–H groups in total. The highest BCUT2D eigenvalue weighted by Crippen LogP contribution is 2.24. The predicted molar refractivity (Wildman–Crippen MR) is 103 cm³/mol. The van der Waals surface area contributed by atoms with Crippen LogP contribution in [0.2, 0.25) is 0 Å². The molecule has 0 saturated carbocycles. The second-order valence-corrected chi connectivity index (χ2v) is 9.45. The number of benzene rings is 1. The zero-order valence-corrected chi connectivity index (χ0v) is 16.6. The molecule has 3 rings (SSSR count). The summed E-state index contributed by atoms with van der Waals surface area (Å²) in [5.41, 5.74) is 1.14. The van der Waals surface area contributed by atoms with Gasteiger partial charge >= 0.3 is 0 Å². The van der Waals surface area contributed by atoms with Gasteiger partial charge in [-0.25, -0.2) is 4.72 Å². The lowest BCUT2D eigenvalue weighted by molar-refractivity contribution is 0.0171. The largest absolute Gasteiger partial charge is 0.379 e. The minimum atomic E-state index is -3.47. The van der Waals surface area contributed by atoms with Crippen LogP contribution in [0.3, 0.4) is 0 Å². The average molecular weight is 382 g/mol. The summed E-state index contributed by atoms with van der Waals surface area (Å²) in [4.78, 5) is 2.31. The van der Waals surface area contributed by atoms with Gasteiger partial charge in [0.2, 0.25) is 0 Å². The van der Waals surface area contributed by atoms with Gasteiger partial charge in [-0.15, -0.1) is 0 Å². The summed E-state index contributed by atoms with van der Waals surface area (Å²) >= 11 is 0. The van der Waals surface area contributed by atoms with Crippen molar-refractivity contribution in [3.63, 3.8) is 0 Å². The lowest BCUT2D eigenvalue weighted by Crippen LogP contribution is -2.50. The Morgan fingerprint density at radius 1 is 1.12 bits per heavy atom. The number of nitrogens with zero attached hydrogens (tertiary/aromatic N) is 2. The molecule has 2 aliphatic heterocycles. The lowest BCUT2D eigenvalue weighted by Gasteiger charge is -2.37. The Kier molecular flexibility index (Phi) is 6.69. The number of rotatable bonds is 6. The second kappa shape index (κ2) is 8.80. The minimum absolute atomic E-state index is 0.0227. The van der Waals surface area contributed by atoms with Crippen LogP contribution in [0.15, 0.2) is 30.3 Å². The standard InChI is InChI=1S/C19H31N3O3S/c1-16-12-17(2)15-22(14-16)26(23,24)20-13-19(18-6-4-3-5-7-18)21-8-10-25-11-9-21/h3-7,16-17,19-20H,8-15H2,1-2H3. The summed E-state index contributed by atoms with van der Waals surface area (Å²) in [7, 11) is -3.47. The van der Waals surface area contributed by atoms with Crippen LogP contribution >= 0.6 is 0 Å². The molecule has 0 bridgehead atoms. The highest BCUT2D eigenvalue weighted by atomic mass is 32.2. The Labute approximate surface area is 157 Å². The van der Waals surface area contributed by atoms with E-state index in [4.69, 9.17) is 4.74 Å². The second-order valence-electron chi connectivity index (χ2n) is 7.69. The zero-order chi connectivity index (χ0) is 18.6. The molecule has 0 aromatic heterocycles. The molecule has 3 atom stereocenters. The van der Waals surface area contributed by atoms with Crippen molar-refractivity contribution in [2.75, 3.05) is 45.9 Å². The predicted octanol–water partition coefficient (Wildman–Crippen LogP) is 1.87. The Bertz CT molecular complexity index is 652. The van der Waals surface area contributed by atoms with Crippen LogP contribution in [0, 0.1) is 11.8 Å². The number of hydrogen-bond acceptors (Lipinski definition) is 4. The minimum Gasteiger partial charge on any atom is -0.379 e. The molecule has 26 heavy (non-hydrogen) atoms. The fourth-order valence-electron chi connectivity index (χ4n) is 4.10. The molecule has 6 nitrogen and oxygen atoms in total. The number of piperidine rings is 1. The lowest BCUT2D eigenvalue weighted by atomic mass is 9.94. The van der Waals surface area contributed by atoms with Gasteiger partial charge < -0.3 is 4.74 Å². The molecule has 1 aromatic rings. The molecular weight excluding hydrogens is 350 g/mol. The molecule has 0 aliphatic carbocycles. The summed E-state index contributed by atoms with van der Waals surface area (Å²) in [6.45, 7) is 8.86. The fraction of sp³-hybridized carbons (Fsp3) is 0.684. The van der Waals surface area contributed by atoms with Crippen molar-refractivity contribution in [1.82, 2.24) is 13.9 Å². The Hall–Kier alpha value is -0.990. The molecule has 2 aliphatic rings. The van der Waals surface area contributed by atoms with Crippen LogP contribution in [0.4, 0.5) is 0 Å². The van der Waals surface area contributed by atoms with Crippen molar-refractivity contribution in [3.8, 4) is 0 Å². The first-order valence-corrected chi connectivity index (χ1v) is 11.0. The van der Waals surface area contributed by atoms with Crippen LogP contribution in [-0.2, 0) is 14.9 Å². The summed E-state index contributed by atoms with van der Waals surface area (Å²) < 4.78 is 35.7. The van der Waals surface area contributed by atoms with Crippen LogP contribution in [0.1, 0.15) is 31.9 Å². The van der Waals surface area contributed by atoms with Gasteiger partial charge in [-0.05, 0) is 23.8 Å². The molecule has 0 amide bonds. The van der Waals surface area contributed by atoms with E-state index in [1.165, 1.54) is 0 Å². The quantitative estimate of drug-likeness (QED) is 0.817. The average Bonchev–Trinajstić information content (AvgIpc) is 2.63. The van der Waals surface area contributed by atoms with E-state index in [1.54, 1.807) is 4.31 Å². The molecular formula is C19H31N3O3S. The molecule has 146 valence electrons. The van der Waals surface area contributed by atoms with Gasteiger partial charge in [0.15, 0.2) is 0 Å². The summed E-state index contributed by atoms with van der Waals surface area (Å²) in [6.07, 6.45) is 1.09. The van der Waals surface area contributed by atoms with Crippen molar-refractivity contribution in [1.29, 1.82) is 0 Å². The number of hydrogen-bond donors (Lipinski definition) is 1. The van der Waals surface area contributed by atoms with E-state index in [0.717, 1.165) is 25.1 Å². The monoisotopic (exact) mass is 381 g/mol. The van der Waals surface area contributed by atoms with Crippen LogP contribution in [0.5, 0.6) is 0 Å². The smallest absolute Gasteiger partial charge is 0.279 e. The molecule has 0 spiro atoms. The van der Waals surface area contributed by atoms with Gasteiger partial charge in [-0.1, -0.05) is 44.2 Å². The summed E-state index contributed by atoms with van der Waals surface area (Å²) in [5.74, 6) is 0.805. The van der Waals surface area contributed by atoms with E-state index in [0.29, 0.717) is 44.7 Å². The van der Waals surface area contributed by atoms with E-state index < -0.39 is 10.2 Å². The fourth-order valence-corrected chi connectivity index (χ4v) is 5.55. The molecule has 2 heterocycles. The Morgan fingerprint density at radius 3 is 2.35 bits per heavy atom. The van der Waals surface area contributed by atoms with E-state index in [1.807, 2.05) is 18.2 Å². The van der Waals surface area contributed by atoms with Crippen LogP contribution in [-0.4, -0.2) is 63.6 Å². The van der Waals surface area contributed by atoms with Gasteiger partial charge in [-0.2, -0.15) is 12.7 Å². The van der Waals surface area contributed by atoms with Gasteiger partial charge in [0, 0.05) is 38.8 Å². The number of nitrogens with one attached hydrogen (secondary N) is 1. The van der Waals surface area contributed by atoms with Crippen molar-refractivity contribution in [2.24, 2.45) is 11.8 Å². The van der Waals surface area contributed by atoms with Gasteiger partial charge in [0.25, 0.3) is 10.2 Å². The van der Waals surface area contributed by atoms with Crippen molar-refractivity contribution in [2.45, 2.75) is 26.3 Å². The van der Waals surface area contributed by atoms with Gasteiger partial charge in [-0.3, -0.25) is 4.90 Å². The van der Waals surface area contributed by atoms with Crippen LogP contribution < -0.4 is 4.72 Å². The molecule has 2 fully saturated rings. The van der Waals surface area contributed by atoms with Crippen molar-refractivity contribution < 1.29 is 13.2 Å². The van der Waals surface area contributed by atoms with Crippen LogP contribution in [0.25, 0.3) is 0 Å². The molecule has 3 unspecified atom stereocenters. The van der Waals surface area contributed by atoms with Crippen molar-refractivity contribution >= 4 is 10.2 Å². The third kappa shape index (κ3) is 5.04. The maximum Gasteiger partial charge on any atom is 0.279 e. The first-order chi connectivity index (χ1) is 12.5. The third-order valence-electron chi connectivity index (χ3n) is 5.31. The highest BCUT2D eigenvalue weighted by Gasteiger charge is 2.31. The molecule has 1 aromatic carbocycles. The first kappa shape index (κ1) is 19.8. The summed E-state index contributed by atoms with van der Waals surface area (Å²) in [5, 5.41) is 0. The molecule has 7 heteroatoms. The zero-order valence-electron chi connectivity index (χ0n) is 15.8. The first-order valence-electron chi connectivity index (χ1n) is 9.57. The van der Waals surface area contributed by atoms with E-state index in [2.05, 4.69) is 35.6 Å². The van der Waals surface area contributed by atoms with E-state index >= 15 is 0 Å². The Balaban J connectivity index is 1.70. The van der Waals surface area contributed by atoms with Gasteiger partial charge in [0.1, 0.15) is 0 Å². The molecule has 0 radical (unpaired) electrons. The third-order valence-corrected chi connectivity index (χ3v) is 6.81. The number of ether oxygens (including phenoxy) is 1. The number of morpholine rings is 1. The summed E-state index contributed by atoms with van der Waals surface area (Å²) in [6, 6.07) is 10.2. The highest BCUT2D eigenvalue weighted by molar-refractivity contribution is 7.87. The Morgan fingerprint density at radius 2 is 1.73 bits per heavy atom. The van der Waals surface area contributed by atoms with E-state index in [-0.39, 0.29) is 6.04 Å². The maximum atomic E-state index is 12.9. The normalized spacial score (nSPS) is 27.3. The SMILES string of the molecule is CC1CC(C)CN(S(=O)(=O)NCC(c2ccccc2)N2CCOCC2)C1. The molecule has 2 saturated heterocycles. The van der Waals surface area contributed by atoms with E-state index in [9.17, 15) is 8.42 Å². The van der Waals surface area contributed by atoms with Gasteiger partial charge in [0.05, 0.1) is 13.2 Å². The van der Waals surface area contributed by atoms with Crippen molar-refractivity contribution in [3.05, 3.63) is 35.9 Å².